The number of nitrogens with one attached hydrogen (secondary N) is 2. The third kappa shape index (κ3) is 2.65. The van der Waals surface area contributed by atoms with Crippen LogP contribution in [0.2, 0.25) is 5.02 Å². The lowest BCUT2D eigenvalue weighted by Gasteiger charge is -2.17. The molecule has 3 rings (SSSR count). The molecule has 0 amide bonds. The van der Waals surface area contributed by atoms with Crippen molar-refractivity contribution in [3.63, 3.8) is 0 Å². The van der Waals surface area contributed by atoms with E-state index in [4.69, 9.17) is 11.6 Å². The van der Waals surface area contributed by atoms with E-state index in [1.165, 1.54) is 12.1 Å². The molecule has 0 atom stereocenters. The Bertz CT molecular complexity index is 564. The second-order valence-electron chi connectivity index (χ2n) is 5.04. The molecule has 1 aromatic carbocycles. The summed E-state index contributed by atoms with van der Waals surface area (Å²) < 4.78 is 13.1. The Labute approximate surface area is 116 Å². The standard InChI is InChI=1S/C14H15ClFN3/c15-12-7-10(16)1-2-11(12)14(3-4-14)9-17-8-13-18-5-6-19-13/h1-2,5-7,17H,3-4,8-9H2,(H,18,19). The highest BCUT2D eigenvalue weighted by molar-refractivity contribution is 6.31. The molecule has 1 aliphatic rings. The summed E-state index contributed by atoms with van der Waals surface area (Å²) in [6.07, 6.45) is 5.72. The van der Waals surface area contributed by atoms with Gasteiger partial charge >= 0.3 is 0 Å². The van der Waals surface area contributed by atoms with Crippen molar-refractivity contribution >= 4 is 11.6 Å². The van der Waals surface area contributed by atoms with E-state index in [9.17, 15) is 4.39 Å². The Hall–Kier alpha value is -1.39. The highest BCUT2D eigenvalue weighted by Gasteiger charge is 2.45. The van der Waals surface area contributed by atoms with Gasteiger partial charge in [0.15, 0.2) is 0 Å². The van der Waals surface area contributed by atoms with Gasteiger partial charge in [0, 0.05) is 29.4 Å². The summed E-state index contributed by atoms with van der Waals surface area (Å²) >= 11 is 6.15. The Balaban J connectivity index is 1.66. The highest BCUT2D eigenvalue weighted by atomic mass is 35.5. The number of halogens is 2. The predicted molar refractivity (Wildman–Crippen MR) is 72.6 cm³/mol. The fraction of sp³-hybridized carbons (Fsp3) is 0.357. The smallest absolute Gasteiger partial charge is 0.124 e. The zero-order valence-electron chi connectivity index (χ0n) is 10.4. The van der Waals surface area contributed by atoms with Gasteiger partial charge in [0.2, 0.25) is 0 Å². The summed E-state index contributed by atoms with van der Waals surface area (Å²) in [5, 5.41) is 3.91. The van der Waals surface area contributed by atoms with Crippen LogP contribution in [0.25, 0.3) is 0 Å². The van der Waals surface area contributed by atoms with Crippen molar-refractivity contribution in [3.05, 3.63) is 52.8 Å². The van der Waals surface area contributed by atoms with Crippen molar-refractivity contribution < 1.29 is 4.39 Å². The SMILES string of the molecule is Fc1ccc(C2(CNCc3ncc[nH]3)CC2)c(Cl)c1. The molecule has 1 aliphatic carbocycles. The van der Waals surface area contributed by atoms with Crippen LogP contribution in [-0.4, -0.2) is 16.5 Å². The summed E-state index contributed by atoms with van der Waals surface area (Å²) in [7, 11) is 0. The van der Waals surface area contributed by atoms with Gasteiger partial charge in [-0.2, -0.15) is 0 Å². The molecule has 0 aliphatic heterocycles. The summed E-state index contributed by atoms with van der Waals surface area (Å²) in [5.41, 5.74) is 1.11. The van der Waals surface area contributed by atoms with Gasteiger partial charge in [-0.25, -0.2) is 9.37 Å². The average molecular weight is 280 g/mol. The number of aromatic amines is 1. The molecule has 3 nitrogen and oxygen atoms in total. The average Bonchev–Trinajstić information content (AvgIpc) is 2.96. The van der Waals surface area contributed by atoms with E-state index < -0.39 is 0 Å². The van der Waals surface area contributed by atoms with Crippen LogP contribution in [0.5, 0.6) is 0 Å². The molecule has 0 bridgehead atoms. The zero-order valence-corrected chi connectivity index (χ0v) is 11.2. The first-order valence-electron chi connectivity index (χ1n) is 6.34. The van der Waals surface area contributed by atoms with Crippen LogP contribution < -0.4 is 5.32 Å². The van der Waals surface area contributed by atoms with E-state index in [2.05, 4.69) is 15.3 Å². The monoisotopic (exact) mass is 279 g/mol. The van der Waals surface area contributed by atoms with Crippen LogP contribution >= 0.6 is 11.6 Å². The quantitative estimate of drug-likeness (QED) is 0.883. The van der Waals surface area contributed by atoms with Crippen LogP contribution in [0.3, 0.4) is 0 Å². The number of aromatic nitrogens is 2. The molecule has 0 radical (unpaired) electrons. The molecule has 1 heterocycles. The number of rotatable bonds is 5. The Morgan fingerprint density at radius 1 is 1.42 bits per heavy atom. The third-order valence-corrected chi connectivity index (χ3v) is 3.98. The summed E-state index contributed by atoms with van der Waals surface area (Å²) in [4.78, 5) is 7.22. The molecule has 0 unspecified atom stereocenters. The van der Waals surface area contributed by atoms with Gasteiger partial charge in [-0.3, -0.25) is 0 Å². The van der Waals surface area contributed by atoms with E-state index in [0.29, 0.717) is 11.6 Å². The first kappa shape index (κ1) is 12.6. The second kappa shape index (κ2) is 4.94. The van der Waals surface area contributed by atoms with Crippen molar-refractivity contribution in [1.82, 2.24) is 15.3 Å². The molecule has 1 aromatic heterocycles. The summed E-state index contributed by atoms with van der Waals surface area (Å²) in [6.45, 7) is 1.53. The molecular formula is C14H15ClFN3. The number of H-pyrrole nitrogens is 1. The van der Waals surface area contributed by atoms with Crippen LogP contribution in [-0.2, 0) is 12.0 Å². The van der Waals surface area contributed by atoms with E-state index in [1.807, 2.05) is 0 Å². The molecule has 2 aromatic rings. The Morgan fingerprint density at radius 3 is 2.89 bits per heavy atom. The first-order chi connectivity index (χ1) is 9.20. The lowest BCUT2D eigenvalue weighted by molar-refractivity contribution is 0.563. The fourth-order valence-corrected chi connectivity index (χ4v) is 2.79. The van der Waals surface area contributed by atoms with E-state index >= 15 is 0 Å². The van der Waals surface area contributed by atoms with Gasteiger partial charge in [-0.05, 0) is 30.5 Å². The number of imidazole rings is 1. The molecule has 5 heteroatoms. The van der Waals surface area contributed by atoms with Gasteiger partial charge in [-0.15, -0.1) is 0 Å². The lowest BCUT2D eigenvalue weighted by Crippen LogP contribution is -2.27. The molecule has 0 saturated heterocycles. The topological polar surface area (TPSA) is 40.7 Å². The molecule has 2 N–H and O–H groups in total. The van der Waals surface area contributed by atoms with Crippen LogP contribution in [0.1, 0.15) is 24.2 Å². The number of benzene rings is 1. The maximum Gasteiger partial charge on any atom is 0.124 e. The number of nitrogens with zero attached hydrogens (tertiary/aromatic N) is 1. The first-order valence-corrected chi connectivity index (χ1v) is 6.72. The predicted octanol–water partition coefficient (Wildman–Crippen LogP) is 3.02. The summed E-state index contributed by atoms with van der Waals surface area (Å²) in [5.74, 6) is 0.633. The lowest BCUT2D eigenvalue weighted by atomic mass is 9.96. The fourth-order valence-electron chi connectivity index (χ4n) is 2.43. The van der Waals surface area contributed by atoms with Crippen LogP contribution in [0.4, 0.5) is 4.39 Å². The Kier molecular flexibility index (Phi) is 3.29. The largest absolute Gasteiger partial charge is 0.348 e. The van der Waals surface area contributed by atoms with E-state index in [1.54, 1.807) is 18.5 Å². The maximum atomic E-state index is 13.1. The van der Waals surface area contributed by atoms with Crippen LogP contribution in [0.15, 0.2) is 30.6 Å². The van der Waals surface area contributed by atoms with Crippen molar-refractivity contribution in [2.45, 2.75) is 24.8 Å². The number of hydrogen-bond donors (Lipinski definition) is 2. The summed E-state index contributed by atoms with van der Waals surface area (Å²) in [6, 6.07) is 4.68. The molecule has 0 spiro atoms. The van der Waals surface area contributed by atoms with Crippen molar-refractivity contribution in [2.24, 2.45) is 0 Å². The molecule has 19 heavy (non-hydrogen) atoms. The van der Waals surface area contributed by atoms with E-state index in [-0.39, 0.29) is 11.2 Å². The van der Waals surface area contributed by atoms with Crippen molar-refractivity contribution in [3.8, 4) is 0 Å². The molecule has 100 valence electrons. The van der Waals surface area contributed by atoms with Gasteiger partial charge in [0.05, 0.1) is 6.54 Å². The normalized spacial score (nSPS) is 16.5. The van der Waals surface area contributed by atoms with Gasteiger partial charge in [-0.1, -0.05) is 17.7 Å². The molecule has 1 fully saturated rings. The number of hydrogen-bond acceptors (Lipinski definition) is 2. The van der Waals surface area contributed by atoms with Crippen molar-refractivity contribution in [2.75, 3.05) is 6.54 Å². The van der Waals surface area contributed by atoms with Gasteiger partial charge in [0.25, 0.3) is 0 Å². The van der Waals surface area contributed by atoms with Gasteiger partial charge < -0.3 is 10.3 Å². The minimum atomic E-state index is -0.284. The Morgan fingerprint density at radius 2 is 2.26 bits per heavy atom. The molecule has 1 saturated carbocycles. The third-order valence-electron chi connectivity index (χ3n) is 3.67. The molecular weight excluding hydrogens is 265 g/mol. The van der Waals surface area contributed by atoms with Gasteiger partial charge in [0.1, 0.15) is 11.6 Å². The minimum absolute atomic E-state index is 0.0668. The van der Waals surface area contributed by atoms with Crippen molar-refractivity contribution in [1.29, 1.82) is 0 Å². The zero-order chi connectivity index (χ0) is 13.3. The highest BCUT2D eigenvalue weighted by Crippen LogP contribution is 2.50. The van der Waals surface area contributed by atoms with E-state index in [0.717, 1.165) is 30.8 Å². The van der Waals surface area contributed by atoms with Crippen LogP contribution in [0, 0.1) is 5.82 Å². The maximum absolute atomic E-state index is 13.1. The minimum Gasteiger partial charge on any atom is -0.348 e. The second-order valence-corrected chi connectivity index (χ2v) is 5.45.